The summed E-state index contributed by atoms with van der Waals surface area (Å²) in [5.74, 6) is 0.851. The molecular formula is C19H27N2O3+. The highest BCUT2D eigenvalue weighted by Gasteiger charge is 2.29. The number of carbonyl (C=O) groups excluding carboxylic acids is 1. The maximum Gasteiger partial charge on any atom is 0.314 e. The number of benzene rings is 1. The van der Waals surface area contributed by atoms with E-state index in [9.17, 15) is 4.79 Å². The Labute approximate surface area is 144 Å². The molecule has 5 nitrogen and oxygen atoms in total. The van der Waals surface area contributed by atoms with E-state index in [0.717, 1.165) is 51.1 Å². The van der Waals surface area contributed by atoms with Gasteiger partial charge in [-0.2, -0.15) is 5.26 Å². The molecule has 0 amide bonds. The van der Waals surface area contributed by atoms with Crippen LogP contribution in [0.25, 0.3) is 0 Å². The van der Waals surface area contributed by atoms with E-state index < -0.39 is 0 Å². The lowest BCUT2D eigenvalue weighted by Gasteiger charge is -2.28. The standard InChI is InChI=1S/C19H26N2O3/c1-2-23-19(22)17-6-5-12-21(15-17)11-3-4-13-24-18-9-7-16(14-20)8-10-18/h7-10,17H,2-6,11-13,15H2,1H3/p+1/t17-/m0/s1. The van der Waals surface area contributed by atoms with Gasteiger partial charge in [0.1, 0.15) is 11.7 Å². The number of nitrogens with one attached hydrogen (secondary N) is 1. The van der Waals surface area contributed by atoms with Crippen molar-refractivity contribution in [1.82, 2.24) is 0 Å². The number of piperidine rings is 1. The summed E-state index contributed by atoms with van der Waals surface area (Å²) >= 11 is 0. The molecule has 0 bridgehead atoms. The first-order valence-corrected chi connectivity index (χ1v) is 8.86. The minimum atomic E-state index is -0.0288. The van der Waals surface area contributed by atoms with E-state index in [2.05, 4.69) is 6.07 Å². The number of unbranched alkanes of at least 4 members (excludes halogenated alkanes) is 1. The van der Waals surface area contributed by atoms with E-state index in [4.69, 9.17) is 14.7 Å². The van der Waals surface area contributed by atoms with Crippen molar-refractivity contribution in [2.24, 2.45) is 5.92 Å². The quantitative estimate of drug-likeness (QED) is 0.580. The van der Waals surface area contributed by atoms with Crippen LogP contribution in [0.15, 0.2) is 24.3 Å². The van der Waals surface area contributed by atoms with Gasteiger partial charge in [0.15, 0.2) is 0 Å². The van der Waals surface area contributed by atoms with E-state index in [0.29, 0.717) is 18.8 Å². The molecule has 5 heteroatoms. The number of ether oxygens (including phenoxy) is 2. The number of nitriles is 1. The fourth-order valence-electron chi connectivity index (χ4n) is 3.13. The molecule has 2 rings (SSSR count). The van der Waals surface area contributed by atoms with Crippen LogP contribution in [0.2, 0.25) is 0 Å². The monoisotopic (exact) mass is 331 g/mol. The third-order valence-electron chi connectivity index (χ3n) is 4.41. The molecule has 24 heavy (non-hydrogen) atoms. The Kier molecular flexibility index (Phi) is 7.57. The van der Waals surface area contributed by atoms with Gasteiger partial charge >= 0.3 is 5.97 Å². The molecule has 1 aromatic rings. The van der Waals surface area contributed by atoms with Crippen LogP contribution < -0.4 is 9.64 Å². The number of quaternary nitrogens is 1. The summed E-state index contributed by atoms with van der Waals surface area (Å²) in [4.78, 5) is 13.3. The Morgan fingerprint density at radius 2 is 2.12 bits per heavy atom. The van der Waals surface area contributed by atoms with E-state index >= 15 is 0 Å². The Morgan fingerprint density at radius 1 is 1.33 bits per heavy atom. The van der Waals surface area contributed by atoms with E-state index in [1.54, 1.807) is 12.1 Å². The lowest BCUT2D eigenvalue weighted by atomic mass is 9.98. The number of hydrogen-bond donors (Lipinski definition) is 1. The van der Waals surface area contributed by atoms with Gasteiger partial charge in [-0.1, -0.05) is 0 Å². The summed E-state index contributed by atoms with van der Waals surface area (Å²) in [6.45, 7) is 6.13. The summed E-state index contributed by atoms with van der Waals surface area (Å²) in [5.41, 5.74) is 0.646. The number of nitrogens with zero attached hydrogens (tertiary/aromatic N) is 1. The van der Waals surface area contributed by atoms with Crippen molar-refractivity contribution in [3.8, 4) is 11.8 Å². The third-order valence-corrected chi connectivity index (χ3v) is 4.41. The van der Waals surface area contributed by atoms with Crippen molar-refractivity contribution < 1.29 is 19.2 Å². The summed E-state index contributed by atoms with van der Waals surface area (Å²) in [6.07, 6.45) is 4.14. The molecule has 0 spiro atoms. The van der Waals surface area contributed by atoms with Gasteiger partial charge in [0, 0.05) is 0 Å². The second-order valence-electron chi connectivity index (χ2n) is 6.24. The highest BCUT2D eigenvalue weighted by Crippen LogP contribution is 2.12. The predicted molar refractivity (Wildman–Crippen MR) is 90.8 cm³/mol. The summed E-state index contributed by atoms with van der Waals surface area (Å²) in [7, 11) is 0. The molecule has 2 atom stereocenters. The van der Waals surface area contributed by atoms with Crippen LogP contribution in [0.5, 0.6) is 5.75 Å². The van der Waals surface area contributed by atoms with Gasteiger partial charge in [0.2, 0.25) is 0 Å². The predicted octanol–water partition coefficient (Wildman–Crippen LogP) is 1.58. The molecule has 0 radical (unpaired) electrons. The molecule has 1 saturated heterocycles. The molecule has 0 saturated carbocycles. The second kappa shape index (κ2) is 9.94. The maximum absolute atomic E-state index is 11.8. The average Bonchev–Trinajstić information content (AvgIpc) is 2.62. The first-order chi connectivity index (χ1) is 11.7. The fourth-order valence-corrected chi connectivity index (χ4v) is 3.13. The molecule has 1 heterocycles. The largest absolute Gasteiger partial charge is 0.494 e. The highest BCUT2D eigenvalue weighted by molar-refractivity contribution is 5.72. The number of rotatable bonds is 8. The minimum Gasteiger partial charge on any atom is -0.494 e. The van der Waals surface area contributed by atoms with Gasteiger partial charge in [-0.05, 0) is 56.9 Å². The molecule has 1 fully saturated rings. The summed E-state index contributed by atoms with van der Waals surface area (Å²) < 4.78 is 10.8. The smallest absolute Gasteiger partial charge is 0.314 e. The molecule has 1 N–H and O–H groups in total. The van der Waals surface area contributed by atoms with Crippen LogP contribution in [0.4, 0.5) is 0 Å². The number of carbonyl (C=O) groups is 1. The first kappa shape index (κ1) is 18.3. The first-order valence-electron chi connectivity index (χ1n) is 8.86. The molecule has 1 aromatic carbocycles. The molecule has 130 valence electrons. The van der Waals surface area contributed by atoms with Gasteiger partial charge in [-0.25, -0.2) is 0 Å². The van der Waals surface area contributed by atoms with E-state index in [1.807, 2.05) is 19.1 Å². The normalized spacial score (nSPS) is 20.2. The molecule has 0 aliphatic carbocycles. The van der Waals surface area contributed by atoms with Crippen LogP contribution in [-0.2, 0) is 9.53 Å². The fraction of sp³-hybridized carbons (Fsp3) is 0.579. The molecule has 1 aliphatic rings. The zero-order chi connectivity index (χ0) is 17.2. The van der Waals surface area contributed by atoms with Gasteiger partial charge in [0.25, 0.3) is 0 Å². The highest BCUT2D eigenvalue weighted by atomic mass is 16.5. The molecule has 1 aliphatic heterocycles. The van der Waals surface area contributed by atoms with Crippen LogP contribution in [0.3, 0.4) is 0 Å². The minimum absolute atomic E-state index is 0.0288. The van der Waals surface area contributed by atoms with E-state index in [-0.39, 0.29) is 11.9 Å². The Balaban J connectivity index is 1.61. The summed E-state index contributed by atoms with van der Waals surface area (Å²) in [5, 5.41) is 8.76. The second-order valence-corrected chi connectivity index (χ2v) is 6.24. The van der Waals surface area contributed by atoms with Gasteiger partial charge < -0.3 is 14.4 Å². The van der Waals surface area contributed by atoms with Crippen LogP contribution in [-0.4, -0.2) is 38.8 Å². The van der Waals surface area contributed by atoms with Crippen LogP contribution >= 0.6 is 0 Å². The van der Waals surface area contributed by atoms with Crippen LogP contribution in [0.1, 0.15) is 38.2 Å². The van der Waals surface area contributed by atoms with Gasteiger partial charge in [-0.3, -0.25) is 4.79 Å². The van der Waals surface area contributed by atoms with Crippen molar-refractivity contribution in [3.05, 3.63) is 29.8 Å². The zero-order valence-corrected chi connectivity index (χ0v) is 14.4. The number of hydrogen-bond acceptors (Lipinski definition) is 4. The lowest BCUT2D eigenvalue weighted by molar-refractivity contribution is -0.907. The molecule has 0 aromatic heterocycles. The topological polar surface area (TPSA) is 63.8 Å². The average molecular weight is 331 g/mol. The Morgan fingerprint density at radius 3 is 2.83 bits per heavy atom. The Hall–Kier alpha value is -2.06. The van der Waals surface area contributed by atoms with Crippen molar-refractivity contribution in [2.45, 2.75) is 32.6 Å². The zero-order valence-electron chi connectivity index (χ0n) is 14.4. The Bertz CT molecular complexity index is 551. The summed E-state index contributed by atoms with van der Waals surface area (Å²) in [6, 6.07) is 9.29. The molecule has 1 unspecified atom stereocenters. The van der Waals surface area contributed by atoms with Gasteiger partial charge in [0.05, 0.1) is 44.5 Å². The van der Waals surface area contributed by atoms with Crippen molar-refractivity contribution in [3.63, 3.8) is 0 Å². The number of likely N-dealkylation sites (tertiary alicyclic amines) is 1. The van der Waals surface area contributed by atoms with Crippen molar-refractivity contribution >= 4 is 5.97 Å². The van der Waals surface area contributed by atoms with Crippen molar-refractivity contribution in [1.29, 1.82) is 5.26 Å². The maximum atomic E-state index is 11.8. The lowest BCUT2D eigenvalue weighted by Crippen LogP contribution is -3.13. The SMILES string of the molecule is CCOC(=O)[C@H]1CCC[NH+](CCCCOc2ccc(C#N)cc2)C1. The van der Waals surface area contributed by atoms with Crippen LogP contribution in [0, 0.1) is 17.2 Å². The molecular weight excluding hydrogens is 304 g/mol. The van der Waals surface area contributed by atoms with Gasteiger partial charge in [-0.15, -0.1) is 0 Å². The van der Waals surface area contributed by atoms with Crippen molar-refractivity contribution in [2.75, 3.05) is 32.8 Å². The number of esters is 1. The third kappa shape index (κ3) is 5.86. The van der Waals surface area contributed by atoms with E-state index in [1.165, 1.54) is 4.90 Å².